The average Bonchev–Trinajstić information content (AvgIpc) is 3.09. The molecule has 0 spiro atoms. The molecule has 2 aromatic heterocycles. The van der Waals surface area contributed by atoms with Crippen molar-refractivity contribution in [3.63, 3.8) is 0 Å². The Kier molecular flexibility index (Phi) is 4.57. The number of rotatable bonds is 5. The number of aromatic nitrogens is 2. The summed E-state index contributed by atoms with van der Waals surface area (Å²) in [6.45, 7) is 2.06. The molecule has 0 amide bonds. The molecule has 5 heteroatoms. The summed E-state index contributed by atoms with van der Waals surface area (Å²) in [6, 6.07) is 11.3. The Bertz CT molecular complexity index is 839. The zero-order valence-electron chi connectivity index (χ0n) is 12.9. The van der Waals surface area contributed by atoms with Crippen LogP contribution in [0.5, 0.6) is 5.75 Å². The van der Waals surface area contributed by atoms with Crippen LogP contribution in [-0.4, -0.2) is 14.7 Å². The average molecular weight is 326 g/mol. The quantitative estimate of drug-likeness (QED) is 0.771. The van der Waals surface area contributed by atoms with Crippen molar-refractivity contribution >= 4 is 11.3 Å². The summed E-state index contributed by atoms with van der Waals surface area (Å²) < 4.78 is 1.60. The number of hydrogen-bond donors (Lipinski definition) is 1. The minimum atomic E-state index is -0.188. The van der Waals surface area contributed by atoms with Crippen LogP contribution in [0.15, 0.2) is 52.8 Å². The predicted molar refractivity (Wildman–Crippen MR) is 93.4 cm³/mol. The minimum Gasteiger partial charge on any atom is -0.507 e. The van der Waals surface area contributed by atoms with Gasteiger partial charge in [0, 0.05) is 17.6 Å². The summed E-state index contributed by atoms with van der Waals surface area (Å²) in [6.07, 6.45) is 4.09. The van der Waals surface area contributed by atoms with Crippen molar-refractivity contribution < 1.29 is 5.11 Å². The molecule has 23 heavy (non-hydrogen) atoms. The molecule has 0 aliphatic carbocycles. The molecule has 0 saturated carbocycles. The van der Waals surface area contributed by atoms with Gasteiger partial charge in [-0.05, 0) is 18.4 Å². The van der Waals surface area contributed by atoms with Crippen molar-refractivity contribution in [3.8, 4) is 22.1 Å². The van der Waals surface area contributed by atoms with Gasteiger partial charge < -0.3 is 5.11 Å². The van der Waals surface area contributed by atoms with E-state index in [9.17, 15) is 9.90 Å². The van der Waals surface area contributed by atoms with Crippen LogP contribution >= 0.6 is 11.3 Å². The normalized spacial score (nSPS) is 10.8. The Labute approximate surface area is 138 Å². The predicted octanol–water partition coefficient (Wildman–Crippen LogP) is 4.01. The van der Waals surface area contributed by atoms with Crippen molar-refractivity contribution in [1.82, 2.24) is 9.55 Å². The number of benzene rings is 1. The highest BCUT2D eigenvalue weighted by Gasteiger charge is 2.17. The lowest BCUT2D eigenvalue weighted by Gasteiger charge is -2.14. The molecule has 0 bridgehead atoms. The first-order chi connectivity index (χ1) is 11.2. The first kappa shape index (κ1) is 15.5. The highest BCUT2D eigenvalue weighted by atomic mass is 32.1. The Hall–Kier alpha value is -2.40. The van der Waals surface area contributed by atoms with Gasteiger partial charge in [0.05, 0.1) is 11.3 Å². The second-order valence-electron chi connectivity index (χ2n) is 5.32. The van der Waals surface area contributed by atoms with Crippen molar-refractivity contribution in [2.45, 2.75) is 26.2 Å². The third-order valence-electron chi connectivity index (χ3n) is 3.75. The molecule has 3 aromatic rings. The second-order valence-corrected chi connectivity index (χ2v) is 6.19. The largest absolute Gasteiger partial charge is 0.507 e. The maximum atomic E-state index is 13.0. The summed E-state index contributed by atoms with van der Waals surface area (Å²) in [5.74, 6) is 0.0649. The number of unbranched alkanes of at least 4 members (excludes halogenated alkanes) is 1. The molecule has 0 saturated heterocycles. The molecule has 118 valence electrons. The number of pyridine rings is 1. The molecule has 0 fully saturated rings. The van der Waals surface area contributed by atoms with Gasteiger partial charge in [-0.1, -0.05) is 43.7 Å². The van der Waals surface area contributed by atoms with E-state index in [4.69, 9.17) is 0 Å². The van der Waals surface area contributed by atoms with Gasteiger partial charge in [0.25, 0.3) is 5.56 Å². The maximum absolute atomic E-state index is 13.0. The zero-order valence-corrected chi connectivity index (χ0v) is 13.7. The molecular formula is C18H18N2O2S. The monoisotopic (exact) mass is 326 g/mol. The number of aromatic hydroxyl groups is 1. The van der Waals surface area contributed by atoms with Gasteiger partial charge in [0.1, 0.15) is 5.75 Å². The third-order valence-corrected chi connectivity index (χ3v) is 4.50. The van der Waals surface area contributed by atoms with Crippen LogP contribution < -0.4 is 5.56 Å². The summed E-state index contributed by atoms with van der Waals surface area (Å²) in [5, 5.41) is 12.8. The van der Waals surface area contributed by atoms with E-state index in [1.54, 1.807) is 16.8 Å². The Morgan fingerprint density at radius 3 is 2.70 bits per heavy atom. The zero-order chi connectivity index (χ0) is 16.2. The second kappa shape index (κ2) is 6.79. The van der Waals surface area contributed by atoms with Crippen LogP contribution in [0.4, 0.5) is 0 Å². The fraction of sp³-hybridized carbons (Fsp3) is 0.222. The van der Waals surface area contributed by atoms with Gasteiger partial charge in [0.2, 0.25) is 0 Å². The van der Waals surface area contributed by atoms with Gasteiger partial charge in [-0.25, -0.2) is 4.98 Å². The summed E-state index contributed by atoms with van der Waals surface area (Å²) in [5.41, 5.74) is 1.80. The van der Waals surface area contributed by atoms with E-state index in [-0.39, 0.29) is 11.3 Å². The summed E-state index contributed by atoms with van der Waals surface area (Å²) in [7, 11) is 0. The van der Waals surface area contributed by atoms with Gasteiger partial charge >= 0.3 is 0 Å². The molecule has 0 aliphatic rings. The number of nitrogens with zero attached hydrogens (tertiary/aromatic N) is 2. The van der Waals surface area contributed by atoms with Crippen LogP contribution in [0, 0.1) is 0 Å². The van der Waals surface area contributed by atoms with E-state index in [1.165, 1.54) is 11.3 Å². The molecule has 0 unspecified atom stereocenters. The SMILES string of the molecule is CCCCc1c(O)cc(-c2ccccc2)n(-c2nccs2)c1=O. The Morgan fingerprint density at radius 2 is 2.04 bits per heavy atom. The molecule has 1 N–H and O–H groups in total. The van der Waals surface area contributed by atoms with Crippen LogP contribution in [0.2, 0.25) is 0 Å². The van der Waals surface area contributed by atoms with Crippen LogP contribution in [0.3, 0.4) is 0 Å². The highest BCUT2D eigenvalue weighted by molar-refractivity contribution is 7.12. The fourth-order valence-electron chi connectivity index (χ4n) is 2.56. The lowest BCUT2D eigenvalue weighted by atomic mass is 10.1. The minimum absolute atomic E-state index is 0.0649. The number of hydrogen-bond acceptors (Lipinski definition) is 4. The van der Waals surface area contributed by atoms with E-state index >= 15 is 0 Å². The standard InChI is InChI=1S/C18H18N2O2S/c1-2-3-9-14-16(21)12-15(13-7-5-4-6-8-13)20(17(14)22)18-19-10-11-23-18/h4-8,10-12,21H,2-3,9H2,1H3. The molecule has 0 atom stereocenters. The van der Waals surface area contributed by atoms with E-state index in [0.717, 1.165) is 18.4 Å². The maximum Gasteiger partial charge on any atom is 0.264 e. The molecule has 0 aliphatic heterocycles. The third kappa shape index (κ3) is 3.05. The molecule has 0 radical (unpaired) electrons. The van der Waals surface area contributed by atoms with Crippen LogP contribution in [0.1, 0.15) is 25.3 Å². The summed E-state index contributed by atoms with van der Waals surface area (Å²) in [4.78, 5) is 17.2. The van der Waals surface area contributed by atoms with Gasteiger partial charge in [-0.2, -0.15) is 0 Å². The van der Waals surface area contributed by atoms with Crippen LogP contribution in [0.25, 0.3) is 16.4 Å². The fourth-order valence-corrected chi connectivity index (χ4v) is 3.21. The Balaban J connectivity index is 2.26. The molecule has 2 heterocycles. The molecule has 4 nitrogen and oxygen atoms in total. The molecular weight excluding hydrogens is 308 g/mol. The lowest BCUT2D eigenvalue weighted by Crippen LogP contribution is -2.24. The van der Waals surface area contributed by atoms with E-state index in [0.29, 0.717) is 22.8 Å². The van der Waals surface area contributed by atoms with E-state index in [1.807, 2.05) is 35.7 Å². The van der Waals surface area contributed by atoms with Crippen molar-refractivity contribution in [3.05, 3.63) is 63.9 Å². The van der Waals surface area contributed by atoms with Crippen LogP contribution in [-0.2, 0) is 6.42 Å². The van der Waals surface area contributed by atoms with E-state index < -0.39 is 0 Å². The van der Waals surface area contributed by atoms with Gasteiger partial charge in [0.15, 0.2) is 5.13 Å². The Morgan fingerprint density at radius 1 is 1.26 bits per heavy atom. The smallest absolute Gasteiger partial charge is 0.264 e. The summed E-state index contributed by atoms with van der Waals surface area (Å²) >= 11 is 1.41. The van der Waals surface area contributed by atoms with Crippen molar-refractivity contribution in [2.75, 3.05) is 0 Å². The lowest BCUT2D eigenvalue weighted by molar-refractivity contribution is 0.464. The first-order valence-electron chi connectivity index (χ1n) is 7.65. The highest BCUT2D eigenvalue weighted by Crippen LogP contribution is 2.27. The molecule has 3 rings (SSSR count). The van der Waals surface area contributed by atoms with Gasteiger partial charge in [-0.3, -0.25) is 9.36 Å². The first-order valence-corrected chi connectivity index (χ1v) is 8.53. The van der Waals surface area contributed by atoms with E-state index in [2.05, 4.69) is 11.9 Å². The molecule has 1 aromatic carbocycles. The van der Waals surface area contributed by atoms with Crippen molar-refractivity contribution in [1.29, 1.82) is 0 Å². The topological polar surface area (TPSA) is 55.1 Å². The van der Waals surface area contributed by atoms with Crippen molar-refractivity contribution in [2.24, 2.45) is 0 Å². The number of thiazole rings is 1. The van der Waals surface area contributed by atoms with Gasteiger partial charge in [-0.15, -0.1) is 11.3 Å².